The van der Waals surface area contributed by atoms with Gasteiger partial charge in [0.05, 0.1) is 16.7 Å². The van der Waals surface area contributed by atoms with Gasteiger partial charge in [0.25, 0.3) is 0 Å². The van der Waals surface area contributed by atoms with E-state index in [4.69, 9.17) is 11.6 Å². The summed E-state index contributed by atoms with van der Waals surface area (Å²) in [5.74, 6) is 0. The Morgan fingerprint density at radius 3 is 2.73 bits per heavy atom. The average molecular weight is 409 g/mol. The summed E-state index contributed by atoms with van der Waals surface area (Å²) in [6.07, 6.45) is 2.75. The molecule has 3 heterocycles. The molecule has 8 heteroatoms. The molecule has 2 aromatic heterocycles. The molecule has 3 aromatic rings. The third-order valence-electron chi connectivity index (χ3n) is 4.49. The largest absolute Gasteiger partial charge is 0.391 e. The second kappa shape index (κ2) is 6.81. The lowest BCUT2D eigenvalue weighted by Gasteiger charge is -2.32. The van der Waals surface area contributed by atoms with E-state index in [1.165, 1.54) is 23.5 Å². The van der Waals surface area contributed by atoms with Crippen molar-refractivity contribution < 1.29 is 13.5 Å². The van der Waals surface area contributed by atoms with E-state index in [-0.39, 0.29) is 9.10 Å². The van der Waals surface area contributed by atoms with Crippen molar-refractivity contribution in [3.05, 3.63) is 47.6 Å². The Bertz CT molecular complexity index is 1050. The van der Waals surface area contributed by atoms with Crippen molar-refractivity contribution in [2.45, 2.75) is 28.1 Å². The van der Waals surface area contributed by atoms with E-state index in [1.807, 2.05) is 11.0 Å². The molecule has 0 spiro atoms. The lowest BCUT2D eigenvalue weighted by molar-refractivity contribution is 0.154. The zero-order valence-electron chi connectivity index (χ0n) is 13.8. The molecule has 5 nitrogen and oxygen atoms in total. The van der Waals surface area contributed by atoms with Crippen LogP contribution in [0.4, 0.5) is 5.69 Å². The zero-order chi connectivity index (χ0) is 18.3. The molecule has 1 N–H and O–H groups in total. The molecule has 26 heavy (non-hydrogen) atoms. The number of aromatic nitrogens is 1. The van der Waals surface area contributed by atoms with Crippen molar-refractivity contribution in [2.24, 2.45) is 0 Å². The minimum Gasteiger partial charge on any atom is -0.391 e. The average Bonchev–Trinajstić information content (AvgIpc) is 3.02. The van der Waals surface area contributed by atoms with Crippen LogP contribution >= 0.6 is 22.9 Å². The van der Waals surface area contributed by atoms with E-state index in [9.17, 15) is 13.5 Å². The minimum absolute atomic E-state index is 0.201. The third kappa shape index (κ3) is 3.09. The number of hydrogen-bond donors (Lipinski definition) is 1. The van der Waals surface area contributed by atoms with Crippen molar-refractivity contribution in [2.75, 3.05) is 18.0 Å². The third-order valence-corrected chi connectivity index (χ3v) is 8.12. The first-order valence-corrected chi connectivity index (χ1v) is 11.0. The molecule has 1 atom stereocenters. The van der Waals surface area contributed by atoms with Crippen LogP contribution in [0, 0.1) is 0 Å². The van der Waals surface area contributed by atoms with Gasteiger partial charge in [-0.1, -0.05) is 11.6 Å². The number of pyridine rings is 1. The number of benzene rings is 1. The predicted octanol–water partition coefficient (Wildman–Crippen LogP) is 3.74. The molecule has 4 rings (SSSR count). The number of piperidine rings is 1. The molecule has 136 valence electrons. The SMILES string of the molecule is O=S(=O)(c1ccc(Cl)cc1)c1sc2ncccc2c1N1CCCC(O)C1. The molecule has 0 saturated carbocycles. The van der Waals surface area contributed by atoms with Crippen molar-refractivity contribution in [3.63, 3.8) is 0 Å². The molecular weight excluding hydrogens is 392 g/mol. The maximum Gasteiger partial charge on any atom is 0.218 e. The van der Waals surface area contributed by atoms with E-state index in [0.29, 0.717) is 28.6 Å². The van der Waals surface area contributed by atoms with Crippen LogP contribution in [0.3, 0.4) is 0 Å². The van der Waals surface area contributed by atoms with Gasteiger partial charge in [-0.2, -0.15) is 0 Å². The van der Waals surface area contributed by atoms with Crippen molar-refractivity contribution >= 4 is 48.7 Å². The highest BCUT2D eigenvalue weighted by Crippen LogP contribution is 2.43. The molecule has 1 unspecified atom stereocenters. The van der Waals surface area contributed by atoms with E-state index in [1.54, 1.807) is 24.4 Å². The summed E-state index contributed by atoms with van der Waals surface area (Å²) in [6.45, 7) is 1.13. The summed E-state index contributed by atoms with van der Waals surface area (Å²) in [4.78, 5) is 7.19. The van der Waals surface area contributed by atoms with Gasteiger partial charge in [-0.05, 0) is 49.2 Å². The number of hydrogen-bond acceptors (Lipinski definition) is 6. The summed E-state index contributed by atoms with van der Waals surface area (Å²) in [5, 5.41) is 11.4. The van der Waals surface area contributed by atoms with Gasteiger partial charge in [0.1, 0.15) is 4.83 Å². The van der Waals surface area contributed by atoms with Gasteiger partial charge in [0.15, 0.2) is 4.21 Å². The van der Waals surface area contributed by atoms with Crippen LogP contribution in [0.2, 0.25) is 5.02 Å². The normalized spacial score (nSPS) is 18.4. The fraction of sp³-hybridized carbons (Fsp3) is 0.278. The number of nitrogens with zero attached hydrogens (tertiary/aromatic N) is 2. The van der Waals surface area contributed by atoms with Gasteiger partial charge in [-0.3, -0.25) is 0 Å². The second-order valence-electron chi connectivity index (χ2n) is 6.29. The molecule has 0 bridgehead atoms. The van der Waals surface area contributed by atoms with Crippen molar-refractivity contribution in [3.8, 4) is 0 Å². The van der Waals surface area contributed by atoms with E-state index in [2.05, 4.69) is 4.98 Å². The Balaban J connectivity index is 1.91. The quantitative estimate of drug-likeness (QED) is 0.714. The summed E-state index contributed by atoms with van der Waals surface area (Å²) >= 11 is 7.07. The molecule has 1 aliphatic rings. The van der Waals surface area contributed by atoms with Crippen molar-refractivity contribution in [1.82, 2.24) is 4.98 Å². The number of rotatable bonds is 3. The highest BCUT2D eigenvalue weighted by atomic mass is 35.5. The fourth-order valence-corrected chi connectivity index (χ4v) is 6.45. The summed E-state index contributed by atoms with van der Waals surface area (Å²) in [7, 11) is -3.72. The number of halogens is 1. The molecule has 1 aromatic carbocycles. The van der Waals surface area contributed by atoms with E-state index in [0.717, 1.165) is 18.2 Å². The molecule has 0 radical (unpaired) electrons. The maximum absolute atomic E-state index is 13.3. The molecule has 1 saturated heterocycles. The number of β-amino-alcohol motifs (C(OH)–C–C–N with tert-alkyl or cyclic N) is 1. The molecule has 1 aliphatic heterocycles. The van der Waals surface area contributed by atoms with Gasteiger partial charge < -0.3 is 10.0 Å². The highest BCUT2D eigenvalue weighted by molar-refractivity contribution is 7.93. The number of sulfone groups is 1. The fourth-order valence-electron chi connectivity index (χ4n) is 3.26. The zero-order valence-corrected chi connectivity index (χ0v) is 16.2. The molecule has 0 amide bonds. The summed E-state index contributed by atoms with van der Waals surface area (Å²) < 4.78 is 26.9. The first-order valence-electron chi connectivity index (χ1n) is 8.28. The van der Waals surface area contributed by atoms with Gasteiger partial charge in [-0.15, -0.1) is 11.3 Å². The number of thiophene rings is 1. The van der Waals surface area contributed by atoms with Crippen LogP contribution in [0.25, 0.3) is 10.2 Å². The Morgan fingerprint density at radius 1 is 1.23 bits per heavy atom. The first-order chi connectivity index (χ1) is 12.5. The van der Waals surface area contributed by atoms with E-state index < -0.39 is 15.9 Å². The number of anilines is 1. The molecule has 0 aliphatic carbocycles. The lowest BCUT2D eigenvalue weighted by atomic mass is 10.1. The Hall–Kier alpha value is -1.67. The predicted molar refractivity (Wildman–Crippen MR) is 104 cm³/mol. The van der Waals surface area contributed by atoms with Gasteiger partial charge in [0, 0.05) is 29.7 Å². The van der Waals surface area contributed by atoms with Crippen LogP contribution in [0.1, 0.15) is 12.8 Å². The minimum atomic E-state index is -3.72. The highest BCUT2D eigenvalue weighted by Gasteiger charge is 2.31. The number of aliphatic hydroxyl groups is 1. The van der Waals surface area contributed by atoms with Gasteiger partial charge >= 0.3 is 0 Å². The topological polar surface area (TPSA) is 70.5 Å². The summed E-state index contributed by atoms with van der Waals surface area (Å²) in [6, 6.07) is 9.87. The van der Waals surface area contributed by atoms with Gasteiger partial charge in [-0.25, -0.2) is 13.4 Å². The number of aliphatic hydroxyl groups excluding tert-OH is 1. The maximum atomic E-state index is 13.3. The van der Waals surface area contributed by atoms with E-state index >= 15 is 0 Å². The molecular formula is C18H17ClN2O3S2. The Morgan fingerprint density at radius 2 is 2.00 bits per heavy atom. The van der Waals surface area contributed by atoms with Crippen LogP contribution in [-0.2, 0) is 9.84 Å². The van der Waals surface area contributed by atoms with Gasteiger partial charge in [0.2, 0.25) is 9.84 Å². The second-order valence-corrected chi connectivity index (χ2v) is 9.87. The standard InChI is InChI=1S/C18H17ClN2O3S2/c19-12-5-7-14(8-6-12)26(23,24)18-16(21-10-2-3-13(22)11-21)15-4-1-9-20-17(15)25-18/h1,4-9,13,22H,2-3,10-11H2. The Kier molecular flexibility index (Phi) is 4.64. The van der Waals surface area contributed by atoms with Crippen LogP contribution in [0.5, 0.6) is 0 Å². The van der Waals surface area contributed by atoms with Crippen LogP contribution in [0.15, 0.2) is 51.7 Å². The van der Waals surface area contributed by atoms with Crippen molar-refractivity contribution in [1.29, 1.82) is 0 Å². The monoisotopic (exact) mass is 408 g/mol. The Labute approximate surface area is 160 Å². The number of fused-ring (bicyclic) bond motifs is 1. The first kappa shape index (κ1) is 17.7. The van der Waals surface area contributed by atoms with Crippen LogP contribution in [-0.4, -0.2) is 37.7 Å². The smallest absolute Gasteiger partial charge is 0.218 e. The van der Waals surface area contributed by atoms with Crippen LogP contribution < -0.4 is 4.90 Å². The summed E-state index contributed by atoms with van der Waals surface area (Å²) in [5.41, 5.74) is 0.645. The molecule has 1 fully saturated rings. The lowest BCUT2D eigenvalue weighted by Crippen LogP contribution is -2.38.